The van der Waals surface area contributed by atoms with Gasteiger partial charge in [0, 0.05) is 23.9 Å². The minimum absolute atomic E-state index is 0.271. The Balaban J connectivity index is 0.00000172. The zero-order valence-electron chi connectivity index (χ0n) is 14.3. The van der Waals surface area contributed by atoms with Crippen LogP contribution in [0.2, 0.25) is 0 Å². The summed E-state index contributed by atoms with van der Waals surface area (Å²) in [6.45, 7) is 17.1. The zero-order valence-corrected chi connectivity index (χ0v) is 14.3. The Labute approximate surface area is 125 Å². The molecule has 0 saturated heterocycles. The summed E-state index contributed by atoms with van der Waals surface area (Å²) in [7, 11) is 1.77. The summed E-state index contributed by atoms with van der Waals surface area (Å²) in [4.78, 5) is 4.50. The van der Waals surface area contributed by atoms with Crippen molar-refractivity contribution in [2.24, 2.45) is 10.4 Å². The third-order valence-electron chi connectivity index (χ3n) is 3.73. The van der Waals surface area contributed by atoms with Gasteiger partial charge in [0.15, 0.2) is 0 Å². The van der Waals surface area contributed by atoms with Crippen molar-refractivity contribution in [1.29, 1.82) is 0 Å². The van der Waals surface area contributed by atoms with E-state index in [4.69, 9.17) is 4.74 Å². The fraction of sp³-hybridized carbons (Fsp3) is 0.611. The van der Waals surface area contributed by atoms with Crippen molar-refractivity contribution in [3.63, 3.8) is 0 Å². The average molecular weight is 277 g/mol. The molecule has 0 amide bonds. The largest absolute Gasteiger partial charge is 0.384 e. The summed E-state index contributed by atoms with van der Waals surface area (Å²) in [5.41, 5.74) is 4.64. The van der Waals surface area contributed by atoms with Crippen molar-refractivity contribution in [3.05, 3.63) is 35.6 Å². The highest BCUT2D eigenvalue weighted by Gasteiger charge is 2.44. The van der Waals surface area contributed by atoms with Crippen LogP contribution in [0, 0.1) is 5.41 Å². The van der Waals surface area contributed by atoms with Gasteiger partial charge < -0.3 is 4.74 Å². The Kier molecular flexibility index (Phi) is 8.40. The SMILES string of the molecule is C=C(/C=C(\C)C1(COC)CC1)C(C)=N/C(C)=C\C.CC. The van der Waals surface area contributed by atoms with Gasteiger partial charge in [0.1, 0.15) is 0 Å². The maximum absolute atomic E-state index is 5.30. The number of methoxy groups -OCH3 is 1. The molecule has 20 heavy (non-hydrogen) atoms. The van der Waals surface area contributed by atoms with Gasteiger partial charge in [-0.3, -0.25) is 4.99 Å². The van der Waals surface area contributed by atoms with Gasteiger partial charge in [0.05, 0.1) is 6.61 Å². The lowest BCUT2D eigenvalue weighted by Crippen LogP contribution is -2.11. The fourth-order valence-electron chi connectivity index (χ4n) is 2.00. The Bertz CT molecular complexity index is 409. The van der Waals surface area contributed by atoms with Crippen molar-refractivity contribution in [1.82, 2.24) is 0 Å². The number of nitrogens with zero attached hydrogens (tertiary/aromatic N) is 1. The second-order valence-electron chi connectivity index (χ2n) is 5.19. The lowest BCUT2D eigenvalue weighted by Gasteiger charge is -2.15. The number of rotatable bonds is 6. The van der Waals surface area contributed by atoms with Crippen LogP contribution in [0.5, 0.6) is 0 Å². The molecule has 0 spiro atoms. The lowest BCUT2D eigenvalue weighted by atomic mass is 9.95. The molecule has 114 valence electrons. The highest BCUT2D eigenvalue weighted by Crippen LogP contribution is 2.52. The standard InChI is InChI=1S/C16H25NO.C2H6/c1-7-14(4)17-15(5)12(2)10-13(3)16(8-9-16)11-18-6;1-2/h7,10H,2,8-9,11H2,1,3-6H3;1-2H3/b13-10+,14-7-,17-15?;. The molecule has 0 unspecified atom stereocenters. The number of hydrogen-bond acceptors (Lipinski definition) is 2. The molecular weight excluding hydrogens is 246 g/mol. The molecule has 0 aromatic carbocycles. The van der Waals surface area contributed by atoms with E-state index < -0.39 is 0 Å². The predicted octanol–water partition coefficient (Wildman–Crippen LogP) is 5.33. The number of hydrogen-bond donors (Lipinski definition) is 0. The first-order chi connectivity index (χ1) is 9.45. The van der Waals surface area contributed by atoms with E-state index in [-0.39, 0.29) is 5.41 Å². The van der Waals surface area contributed by atoms with Crippen LogP contribution in [0.15, 0.2) is 40.6 Å². The third kappa shape index (κ3) is 5.46. The minimum Gasteiger partial charge on any atom is -0.384 e. The molecule has 0 N–H and O–H groups in total. The van der Waals surface area contributed by atoms with E-state index >= 15 is 0 Å². The van der Waals surface area contributed by atoms with Crippen LogP contribution in [0.1, 0.15) is 54.4 Å². The van der Waals surface area contributed by atoms with Crippen LogP contribution in [0.3, 0.4) is 0 Å². The van der Waals surface area contributed by atoms with Crippen LogP contribution < -0.4 is 0 Å². The van der Waals surface area contributed by atoms with Crippen LogP contribution in [-0.2, 0) is 4.74 Å². The van der Waals surface area contributed by atoms with Gasteiger partial charge in [-0.25, -0.2) is 0 Å². The summed E-state index contributed by atoms with van der Waals surface area (Å²) >= 11 is 0. The number of allylic oxidation sites excluding steroid dienone is 4. The van der Waals surface area contributed by atoms with Gasteiger partial charge >= 0.3 is 0 Å². The zero-order chi connectivity index (χ0) is 15.8. The van der Waals surface area contributed by atoms with Crippen LogP contribution in [0.25, 0.3) is 0 Å². The molecule has 2 nitrogen and oxygen atoms in total. The van der Waals surface area contributed by atoms with E-state index in [2.05, 4.69) is 24.6 Å². The summed E-state index contributed by atoms with van der Waals surface area (Å²) < 4.78 is 5.30. The lowest BCUT2D eigenvalue weighted by molar-refractivity contribution is 0.157. The normalized spacial score (nSPS) is 18.2. The first-order valence-electron chi connectivity index (χ1n) is 7.50. The van der Waals surface area contributed by atoms with E-state index in [1.54, 1.807) is 7.11 Å². The van der Waals surface area contributed by atoms with Gasteiger partial charge in [-0.2, -0.15) is 0 Å². The van der Waals surface area contributed by atoms with E-state index in [9.17, 15) is 0 Å². The van der Waals surface area contributed by atoms with Crippen molar-refractivity contribution in [2.45, 2.75) is 54.4 Å². The molecular formula is C18H31NO. The monoisotopic (exact) mass is 277 g/mol. The number of ether oxygens (including phenoxy) is 1. The average Bonchev–Trinajstić information content (AvgIpc) is 3.22. The van der Waals surface area contributed by atoms with Gasteiger partial charge in [-0.15, -0.1) is 0 Å². The summed E-state index contributed by atoms with van der Waals surface area (Å²) in [5.74, 6) is 0. The van der Waals surface area contributed by atoms with Crippen molar-refractivity contribution >= 4 is 5.71 Å². The molecule has 0 aliphatic heterocycles. The Morgan fingerprint density at radius 1 is 1.25 bits per heavy atom. The van der Waals surface area contributed by atoms with Crippen LogP contribution in [0.4, 0.5) is 0 Å². The maximum Gasteiger partial charge on any atom is 0.0555 e. The maximum atomic E-state index is 5.30. The molecule has 1 rings (SSSR count). The van der Waals surface area contributed by atoms with Gasteiger partial charge in [0.2, 0.25) is 0 Å². The number of aliphatic imine (C=N–C) groups is 1. The molecule has 0 radical (unpaired) electrons. The highest BCUT2D eigenvalue weighted by molar-refractivity contribution is 6.00. The van der Waals surface area contributed by atoms with E-state index in [0.29, 0.717) is 0 Å². The van der Waals surface area contributed by atoms with Crippen molar-refractivity contribution in [3.8, 4) is 0 Å². The molecule has 2 heteroatoms. The molecule has 1 fully saturated rings. The van der Waals surface area contributed by atoms with E-state index in [1.807, 2.05) is 40.7 Å². The summed E-state index contributed by atoms with van der Waals surface area (Å²) in [6.07, 6.45) is 6.61. The molecule has 0 heterocycles. The quantitative estimate of drug-likeness (QED) is 0.475. The first kappa shape index (κ1) is 18.9. The second kappa shape index (κ2) is 8.91. The smallest absolute Gasteiger partial charge is 0.0555 e. The van der Waals surface area contributed by atoms with Gasteiger partial charge in [-0.1, -0.05) is 38.2 Å². The fourth-order valence-corrected chi connectivity index (χ4v) is 2.00. The predicted molar refractivity (Wildman–Crippen MR) is 90.3 cm³/mol. The Hall–Kier alpha value is -1.15. The third-order valence-corrected chi connectivity index (χ3v) is 3.73. The minimum atomic E-state index is 0.271. The highest BCUT2D eigenvalue weighted by atomic mass is 16.5. The topological polar surface area (TPSA) is 21.6 Å². The summed E-state index contributed by atoms with van der Waals surface area (Å²) in [5, 5.41) is 0. The van der Waals surface area contributed by atoms with E-state index in [0.717, 1.165) is 23.6 Å². The Morgan fingerprint density at radius 2 is 1.80 bits per heavy atom. The summed E-state index contributed by atoms with van der Waals surface area (Å²) in [6, 6.07) is 0. The second-order valence-corrected chi connectivity index (χ2v) is 5.19. The molecule has 1 aliphatic carbocycles. The van der Waals surface area contributed by atoms with Gasteiger partial charge in [-0.05, 0) is 46.1 Å². The van der Waals surface area contributed by atoms with Crippen molar-refractivity contribution < 1.29 is 4.74 Å². The molecule has 1 aliphatic rings. The van der Waals surface area contributed by atoms with Crippen LogP contribution >= 0.6 is 0 Å². The molecule has 0 atom stereocenters. The molecule has 0 aromatic heterocycles. The Morgan fingerprint density at radius 3 is 2.20 bits per heavy atom. The molecule has 1 saturated carbocycles. The molecule has 0 aromatic rings. The van der Waals surface area contributed by atoms with E-state index in [1.165, 1.54) is 18.4 Å². The molecule has 0 bridgehead atoms. The van der Waals surface area contributed by atoms with Gasteiger partial charge in [0.25, 0.3) is 0 Å². The van der Waals surface area contributed by atoms with Crippen LogP contribution in [-0.4, -0.2) is 19.4 Å². The van der Waals surface area contributed by atoms with Crippen molar-refractivity contribution in [2.75, 3.05) is 13.7 Å². The first-order valence-corrected chi connectivity index (χ1v) is 7.50.